The maximum Gasteiger partial charge on any atom is 0.243 e. The highest BCUT2D eigenvalue weighted by Gasteiger charge is 2.28. The van der Waals surface area contributed by atoms with Gasteiger partial charge in [0.05, 0.1) is 11.1 Å². The Labute approximate surface area is 189 Å². The number of aryl methyl sites for hydroxylation is 1. The van der Waals surface area contributed by atoms with Crippen LogP contribution in [0.2, 0.25) is 0 Å². The lowest BCUT2D eigenvalue weighted by Gasteiger charge is -2.21. The second kappa shape index (κ2) is 10.4. The first-order chi connectivity index (χ1) is 13.6. The fraction of sp³-hybridized carbons (Fsp3) is 0.286. The standard InChI is InChI=1S/C21H23N3O3S.2ClH/c1-16-6-8-18(9-7-16)27-19-15-23-14-17-4-2-5-20(21(17)19)28(25,26)24-12-3-10-22-11-13-24;;/h2,4-9,14-15,22H,3,10-13H2,1H3;2*1H. The number of halogens is 2. The van der Waals surface area contributed by atoms with Gasteiger partial charge < -0.3 is 10.1 Å². The maximum absolute atomic E-state index is 13.4. The molecule has 9 heteroatoms. The minimum Gasteiger partial charge on any atom is -0.455 e. The Morgan fingerprint density at radius 3 is 2.53 bits per heavy atom. The molecule has 0 atom stereocenters. The number of rotatable bonds is 4. The van der Waals surface area contributed by atoms with Gasteiger partial charge in [-0.2, -0.15) is 4.31 Å². The van der Waals surface area contributed by atoms with E-state index in [4.69, 9.17) is 4.74 Å². The molecule has 0 bridgehead atoms. The van der Waals surface area contributed by atoms with E-state index in [1.165, 1.54) is 0 Å². The van der Waals surface area contributed by atoms with E-state index < -0.39 is 10.0 Å². The van der Waals surface area contributed by atoms with Gasteiger partial charge in [-0.05, 0) is 38.1 Å². The smallest absolute Gasteiger partial charge is 0.243 e. The van der Waals surface area contributed by atoms with Crippen LogP contribution in [0.1, 0.15) is 12.0 Å². The Morgan fingerprint density at radius 2 is 1.77 bits per heavy atom. The molecule has 0 radical (unpaired) electrons. The molecule has 0 saturated carbocycles. The van der Waals surface area contributed by atoms with E-state index >= 15 is 0 Å². The van der Waals surface area contributed by atoms with Crippen molar-refractivity contribution in [2.24, 2.45) is 0 Å². The summed E-state index contributed by atoms with van der Waals surface area (Å²) in [6, 6.07) is 12.9. The van der Waals surface area contributed by atoms with Gasteiger partial charge in [0.25, 0.3) is 0 Å². The molecule has 2 heterocycles. The van der Waals surface area contributed by atoms with E-state index in [-0.39, 0.29) is 29.7 Å². The quantitative estimate of drug-likeness (QED) is 0.620. The van der Waals surface area contributed by atoms with Crippen LogP contribution >= 0.6 is 24.8 Å². The van der Waals surface area contributed by atoms with Crippen LogP contribution in [0, 0.1) is 6.92 Å². The molecule has 6 nitrogen and oxygen atoms in total. The highest BCUT2D eigenvalue weighted by molar-refractivity contribution is 7.89. The first-order valence-corrected chi connectivity index (χ1v) is 10.8. The number of benzene rings is 2. The molecule has 3 aromatic rings. The second-order valence-corrected chi connectivity index (χ2v) is 8.82. The van der Waals surface area contributed by atoms with Crippen molar-refractivity contribution < 1.29 is 13.2 Å². The lowest BCUT2D eigenvalue weighted by molar-refractivity contribution is 0.432. The number of sulfonamides is 1. The van der Waals surface area contributed by atoms with Crippen molar-refractivity contribution in [2.75, 3.05) is 26.2 Å². The van der Waals surface area contributed by atoms with Gasteiger partial charge in [0.15, 0.2) is 5.75 Å². The Balaban J connectivity index is 0.00000160. The van der Waals surface area contributed by atoms with Crippen molar-refractivity contribution in [3.63, 3.8) is 0 Å². The highest BCUT2D eigenvalue weighted by atomic mass is 35.5. The number of ether oxygens (including phenoxy) is 1. The summed E-state index contributed by atoms with van der Waals surface area (Å²) in [6.07, 6.45) is 4.03. The first kappa shape index (κ1) is 24.4. The van der Waals surface area contributed by atoms with E-state index in [1.54, 1.807) is 28.8 Å². The van der Waals surface area contributed by atoms with Crippen molar-refractivity contribution in [1.82, 2.24) is 14.6 Å². The lowest BCUT2D eigenvalue weighted by atomic mass is 10.1. The van der Waals surface area contributed by atoms with Crippen LogP contribution in [0.25, 0.3) is 10.8 Å². The van der Waals surface area contributed by atoms with Gasteiger partial charge in [-0.25, -0.2) is 8.42 Å². The SMILES string of the molecule is Cc1ccc(Oc2cncc3cccc(S(=O)(=O)N4CCCNCC4)c23)cc1.Cl.Cl. The average Bonchev–Trinajstić information content (AvgIpc) is 3.00. The summed E-state index contributed by atoms with van der Waals surface area (Å²) in [4.78, 5) is 4.49. The largest absolute Gasteiger partial charge is 0.455 e. The highest BCUT2D eigenvalue weighted by Crippen LogP contribution is 2.35. The third-order valence-corrected chi connectivity index (χ3v) is 6.82. The number of nitrogens with one attached hydrogen (secondary N) is 1. The number of pyridine rings is 1. The molecule has 0 amide bonds. The molecular weight excluding hydrogens is 445 g/mol. The van der Waals surface area contributed by atoms with E-state index in [0.717, 1.165) is 23.9 Å². The monoisotopic (exact) mass is 469 g/mol. The van der Waals surface area contributed by atoms with E-state index in [9.17, 15) is 8.42 Å². The van der Waals surface area contributed by atoms with Gasteiger partial charge in [-0.15, -0.1) is 24.8 Å². The van der Waals surface area contributed by atoms with E-state index in [2.05, 4.69) is 10.3 Å². The molecule has 1 N–H and O–H groups in total. The molecule has 162 valence electrons. The summed E-state index contributed by atoms with van der Waals surface area (Å²) in [5, 5.41) is 4.55. The maximum atomic E-state index is 13.4. The summed E-state index contributed by atoms with van der Waals surface area (Å²) in [7, 11) is -3.65. The number of hydrogen-bond donors (Lipinski definition) is 1. The Kier molecular flexibility index (Phi) is 8.46. The molecule has 30 heavy (non-hydrogen) atoms. The molecule has 1 aliphatic heterocycles. The number of hydrogen-bond acceptors (Lipinski definition) is 5. The molecular formula is C21H25Cl2N3O3S. The fourth-order valence-electron chi connectivity index (χ4n) is 3.40. The normalized spacial score (nSPS) is 15.0. The van der Waals surface area contributed by atoms with Crippen molar-refractivity contribution in [2.45, 2.75) is 18.2 Å². The van der Waals surface area contributed by atoms with Crippen LogP contribution < -0.4 is 10.1 Å². The van der Waals surface area contributed by atoms with Gasteiger partial charge in [0.1, 0.15) is 5.75 Å². The summed E-state index contributed by atoms with van der Waals surface area (Å²) in [6.45, 7) is 4.44. The van der Waals surface area contributed by atoms with Gasteiger partial charge in [0, 0.05) is 36.6 Å². The lowest BCUT2D eigenvalue weighted by Crippen LogP contribution is -2.34. The molecule has 1 fully saturated rings. The Morgan fingerprint density at radius 1 is 1.00 bits per heavy atom. The molecule has 2 aromatic carbocycles. The molecule has 0 aliphatic carbocycles. The molecule has 0 unspecified atom stereocenters. The zero-order valence-corrected chi connectivity index (χ0v) is 19.0. The van der Waals surface area contributed by atoms with E-state index in [0.29, 0.717) is 36.5 Å². The summed E-state index contributed by atoms with van der Waals surface area (Å²) < 4.78 is 34.4. The van der Waals surface area contributed by atoms with Crippen LogP contribution in [-0.2, 0) is 10.0 Å². The molecule has 1 saturated heterocycles. The van der Waals surface area contributed by atoms with Gasteiger partial charge in [0.2, 0.25) is 10.0 Å². The zero-order chi connectivity index (χ0) is 19.6. The topological polar surface area (TPSA) is 71.5 Å². The number of fused-ring (bicyclic) bond motifs is 1. The molecule has 0 spiro atoms. The van der Waals surface area contributed by atoms with E-state index in [1.807, 2.05) is 37.3 Å². The number of nitrogens with zero attached hydrogens (tertiary/aromatic N) is 2. The van der Waals surface area contributed by atoms with Crippen molar-refractivity contribution in [1.29, 1.82) is 0 Å². The zero-order valence-electron chi connectivity index (χ0n) is 16.6. The minimum absolute atomic E-state index is 0. The van der Waals surface area contributed by atoms with Crippen LogP contribution in [-0.4, -0.2) is 43.9 Å². The molecule has 1 aliphatic rings. The Hall–Kier alpha value is -1.90. The summed E-state index contributed by atoms with van der Waals surface area (Å²) in [5.41, 5.74) is 1.13. The fourth-order valence-corrected chi connectivity index (χ4v) is 5.10. The summed E-state index contributed by atoms with van der Waals surface area (Å²) in [5.74, 6) is 1.08. The predicted octanol–water partition coefficient (Wildman–Crippen LogP) is 4.16. The second-order valence-electron chi connectivity index (χ2n) is 6.91. The van der Waals surface area contributed by atoms with Crippen molar-refractivity contribution in [3.05, 3.63) is 60.4 Å². The first-order valence-electron chi connectivity index (χ1n) is 9.38. The summed E-state index contributed by atoms with van der Waals surface area (Å²) >= 11 is 0. The van der Waals surface area contributed by atoms with Gasteiger partial charge >= 0.3 is 0 Å². The van der Waals surface area contributed by atoms with Crippen molar-refractivity contribution in [3.8, 4) is 11.5 Å². The minimum atomic E-state index is -3.65. The average molecular weight is 470 g/mol. The van der Waals surface area contributed by atoms with Crippen LogP contribution in [0.15, 0.2) is 59.8 Å². The van der Waals surface area contributed by atoms with Crippen LogP contribution in [0.4, 0.5) is 0 Å². The number of aromatic nitrogens is 1. The third-order valence-electron chi connectivity index (χ3n) is 4.88. The van der Waals surface area contributed by atoms with Crippen LogP contribution in [0.3, 0.4) is 0 Å². The van der Waals surface area contributed by atoms with Gasteiger partial charge in [-0.1, -0.05) is 29.8 Å². The third kappa shape index (κ3) is 5.04. The predicted molar refractivity (Wildman–Crippen MR) is 124 cm³/mol. The molecule has 1 aromatic heterocycles. The van der Waals surface area contributed by atoms with Crippen molar-refractivity contribution >= 4 is 45.6 Å². The van der Waals surface area contributed by atoms with Gasteiger partial charge in [-0.3, -0.25) is 4.98 Å². The molecule has 4 rings (SSSR count). The Bertz CT molecular complexity index is 1080. The van der Waals surface area contributed by atoms with Crippen LogP contribution in [0.5, 0.6) is 11.5 Å².